The van der Waals surface area contributed by atoms with Crippen LogP contribution in [0.3, 0.4) is 0 Å². The minimum Gasteiger partial charge on any atom is -0.496 e. The van der Waals surface area contributed by atoms with Crippen LogP contribution in [0.1, 0.15) is 10.4 Å². The van der Waals surface area contributed by atoms with Gasteiger partial charge < -0.3 is 14.6 Å². The molecule has 6 nitrogen and oxygen atoms in total. The molecule has 1 N–H and O–H groups in total. The number of carboxylic acids is 1. The number of carboxylic acid groups (broad SMARTS) is 1. The zero-order chi connectivity index (χ0) is 16.7. The third-order valence-corrected chi connectivity index (χ3v) is 4.76. The Morgan fingerprint density at radius 2 is 1.87 bits per heavy atom. The predicted molar refractivity (Wildman–Crippen MR) is 90.9 cm³/mol. The smallest absolute Gasteiger partial charge is 0.339 e. The van der Waals surface area contributed by atoms with E-state index in [4.69, 9.17) is 30.8 Å². The van der Waals surface area contributed by atoms with Gasteiger partial charge in [-0.1, -0.05) is 11.6 Å². The molecule has 1 heterocycles. The van der Waals surface area contributed by atoms with Crippen LogP contribution in [-0.4, -0.2) is 25.3 Å². The molecule has 0 unspecified atom stereocenters. The summed E-state index contributed by atoms with van der Waals surface area (Å²) >= 11 is 8.25. The van der Waals surface area contributed by atoms with Crippen molar-refractivity contribution in [3.8, 4) is 34.1 Å². The second-order valence-corrected chi connectivity index (χ2v) is 6.04. The van der Waals surface area contributed by atoms with Crippen molar-refractivity contribution < 1.29 is 29.1 Å². The first-order chi connectivity index (χ1) is 11.0. The minimum atomic E-state index is -1.16. The topological polar surface area (TPSA) is 74.2 Å². The van der Waals surface area contributed by atoms with E-state index in [0.29, 0.717) is 22.6 Å². The molecule has 1 aliphatic heterocycles. The zero-order valence-corrected chi connectivity index (χ0v) is 14.9. The van der Waals surface area contributed by atoms with Gasteiger partial charge in [0.15, 0.2) is 0 Å². The molecule has 0 aliphatic carbocycles. The second kappa shape index (κ2) is 5.97. The summed E-state index contributed by atoms with van der Waals surface area (Å²) in [6, 6.07) is 4.95. The molecular formula is C15H10ClIO6. The predicted octanol–water partition coefficient (Wildman–Crippen LogP) is 4.01. The summed E-state index contributed by atoms with van der Waals surface area (Å²) in [6.45, 7) is 0. The van der Waals surface area contributed by atoms with E-state index in [-0.39, 0.29) is 22.1 Å². The fraction of sp³-hybridized carbons (Fsp3) is 0.133. The molecule has 0 fully saturated rings. The first kappa shape index (κ1) is 16.0. The molecule has 2 aromatic rings. The number of rotatable bonds is 4. The van der Waals surface area contributed by atoms with Gasteiger partial charge in [-0.15, -0.1) is 0 Å². The third-order valence-electron chi connectivity index (χ3n) is 3.39. The number of halogens is 2. The first-order valence-electron chi connectivity index (χ1n) is 6.34. The van der Waals surface area contributed by atoms with Gasteiger partial charge in [-0.2, -0.15) is 0 Å². The molecule has 0 aromatic heterocycles. The Labute approximate surface area is 149 Å². The molecule has 23 heavy (non-hydrogen) atoms. The number of hydrogen-bond donors (Lipinski definition) is 1. The van der Waals surface area contributed by atoms with Gasteiger partial charge in [0.2, 0.25) is 11.5 Å². The van der Waals surface area contributed by atoms with Gasteiger partial charge in [0.05, 0.1) is 17.8 Å². The second-order valence-electron chi connectivity index (χ2n) is 4.58. The van der Waals surface area contributed by atoms with Crippen LogP contribution in [0.4, 0.5) is 0 Å². The van der Waals surface area contributed by atoms with E-state index in [1.54, 1.807) is 19.2 Å². The lowest BCUT2D eigenvalue weighted by molar-refractivity contribution is -0.0847. The lowest BCUT2D eigenvalue weighted by Crippen LogP contribution is -1.99. The van der Waals surface area contributed by atoms with Crippen LogP contribution in [0.15, 0.2) is 18.2 Å². The molecule has 0 radical (unpaired) electrons. The summed E-state index contributed by atoms with van der Waals surface area (Å²) in [4.78, 5) is 21.5. The molecule has 3 rings (SSSR count). The lowest BCUT2D eigenvalue weighted by Gasteiger charge is -2.14. The maximum Gasteiger partial charge on any atom is 0.339 e. The molecule has 0 atom stereocenters. The molecule has 0 saturated heterocycles. The van der Waals surface area contributed by atoms with Crippen LogP contribution in [0.2, 0.25) is 5.02 Å². The number of benzene rings is 2. The molecular weight excluding hydrogens is 439 g/mol. The highest BCUT2D eigenvalue weighted by atomic mass is 127. The largest absolute Gasteiger partial charge is 0.496 e. The Morgan fingerprint density at radius 1 is 1.17 bits per heavy atom. The maximum absolute atomic E-state index is 11.4. The summed E-state index contributed by atoms with van der Waals surface area (Å²) in [5.41, 5.74) is 0.999. The average molecular weight is 449 g/mol. The monoisotopic (exact) mass is 448 g/mol. The number of methoxy groups -OCH3 is 2. The van der Waals surface area contributed by atoms with Crippen LogP contribution >= 0.6 is 34.2 Å². The van der Waals surface area contributed by atoms with Crippen LogP contribution in [0, 0.1) is 3.57 Å². The van der Waals surface area contributed by atoms with Gasteiger partial charge in [-0.3, -0.25) is 9.78 Å². The van der Waals surface area contributed by atoms with Crippen LogP contribution in [0.25, 0.3) is 11.1 Å². The van der Waals surface area contributed by atoms with Crippen LogP contribution in [0.5, 0.6) is 23.0 Å². The highest BCUT2D eigenvalue weighted by Crippen LogP contribution is 2.51. The van der Waals surface area contributed by atoms with Gasteiger partial charge in [0.25, 0.3) is 0 Å². The van der Waals surface area contributed by atoms with Gasteiger partial charge in [-0.25, -0.2) is 4.79 Å². The number of ether oxygens (including phenoxy) is 2. The lowest BCUT2D eigenvalue weighted by atomic mass is 10.00. The van der Waals surface area contributed by atoms with Gasteiger partial charge in [0, 0.05) is 11.1 Å². The molecule has 0 amide bonds. The Kier molecular flexibility index (Phi) is 4.15. The van der Waals surface area contributed by atoms with E-state index < -0.39 is 5.97 Å². The molecule has 0 spiro atoms. The van der Waals surface area contributed by atoms with Gasteiger partial charge in [-0.05, 0) is 40.8 Å². The summed E-state index contributed by atoms with van der Waals surface area (Å²) in [7, 11) is 3.08. The number of hydrogen-bond acceptors (Lipinski definition) is 5. The van der Waals surface area contributed by atoms with Crippen molar-refractivity contribution >= 4 is 40.2 Å². The van der Waals surface area contributed by atoms with E-state index in [1.165, 1.54) is 13.2 Å². The summed E-state index contributed by atoms with van der Waals surface area (Å²) in [6.07, 6.45) is 0. The van der Waals surface area contributed by atoms with Crippen molar-refractivity contribution in [2.45, 2.75) is 0 Å². The summed E-state index contributed by atoms with van der Waals surface area (Å²) in [5.74, 6) is 0.256. The van der Waals surface area contributed by atoms with Crippen molar-refractivity contribution in [2.75, 3.05) is 14.2 Å². The van der Waals surface area contributed by atoms with Crippen LogP contribution in [-0.2, 0) is 0 Å². The first-order valence-corrected chi connectivity index (χ1v) is 7.80. The highest BCUT2D eigenvalue weighted by Gasteiger charge is 2.32. The normalized spacial score (nSPS) is 11.7. The van der Waals surface area contributed by atoms with E-state index in [0.717, 1.165) is 3.57 Å². The molecule has 120 valence electrons. The van der Waals surface area contributed by atoms with Crippen molar-refractivity contribution in [3.63, 3.8) is 0 Å². The fourth-order valence-corrected chi connectivity index (χ4v) is 3.50. The highest BCUT2D eigenvalue weighted by molar-refractivity contribution is 14.1. The average Bonchev–Trinajstić information content (AvgIpc) is 2.79. The van der Waals surface area contributed by atoms with E-state index >= 15 is 0 Å². The number of carbonyl (C=O) groups is 1. The van der Waals surface area contributed by atoms with Crippen LogP contribution < -0.4 is 19.2 Å². The maximum atomic E-state index is 11.4. The van der Waals surface area contributed by atoms with Crippen molar-refractivity contribution in [3.05, 3.63) is 32.4 Å². The standard InChI is InChI=1S/C15H10ClIO6/c1-20-9-4-3-6(14(21-2)11(9)17)7-5-8(15(18)19)13-10(16)12(7)22-23-13/h3-5H,1-2H3,(H,18,19). The Balaban J connectivity index is 2.30. The quantitative estimate of drug-likeness (QED) is 0.563. The Hall–Kier alpha value is -1.87. The van der Waals surface area contributed by atoms with E-state index in [9.17, 15) is 9.90 Å². The Bertz CT molecular complexity index is 820. The molecule has 8 heteroatoms. The van der Waals surface area contributed by atoms with Crippen molar-refractivity contribution in [1.29, 1.82) is 0 Å². The van der Waals surface area contributed by atoms with E-state index in [1.807, 2.05) is 0 Å². The van der Waals surface area contributed by atoms with Gasteiger partial charge >= 0.3 is 5.97 Å². The van der Waals surface area contributed by atoms with E-state index in [2.05, 4.69) is 22.6 Å². The Morgan fingerprint density at radius 3 is 2.48 bits per heavy atom. The molecule has 2 aromatic carbocycles. The SMILES string of the molecule is COc1ccc(-c2cc(C(=O)O)c3c(Cl)c2OO3)c(OC)c1I. The zero-order valence-electron chi connectivity index (χ0n) is 12.0. The summed E-state index contributed by atoms with van der Waals surface area (Å²) in [5, 5.41) is 9.45. The van der Waals surface area contributed by atoms with Gasteiger partial charge in [0.1, 0.15) is 22.1 Å². The molecule has 0 saturated carbocycles. The van der Waals surface area contributed by atoms with Crippen molar-refractivity contribution in [2.24, 2.45) is 0 Å². The fourth-order valence-electron chi connectivity index (χ4n) is 2.33. The number of aromatic carboxylic acids is 1. The summed E-state index contributed by atoms with van der Waals surface area (Å²) < 4.78 is 11.5. The molecule has 2 bridgehead atoms. The molecule has 1 aliphatic rings. The third kappa shape index (κ3) is 2.43. The number of fused-ring (bicyclic) bond motifs is 2. The van der Waals surface area contributed by atoms with Crippen molar-refractivity contribution in [1.82, 2.24) is 0 Å². The minimum absolute atomic E-state index is 0.0000853.